The molecule has 1 aliphatic rings. The molecule has 0 aliphatic carbocycles. The lowest BCUT2D eigenvalue weighted by Crippen LogP contribution is -2.45. The fourth-order valence-corrected chi connectivity index (χ4v) is 2.49. The van der Waals surface area contributed by atoms with Crippen LogP contribution in [0.2, 0.25) is 0 Å². The lowest BCUT2D eigenvalue weighted by atomic mass is 9.88. The molecule has 0 aromatic carbocycles. The van der Waals surface area contributed by atoms with E-state index in [1.54, 1.807) is 0 Å². The summed E-state index contributed by atoms with van der Waals surface area (Å²) >= 11 is 0. The third-order valence-electron chi connectivity index (χ3n) is 3.71. The summed E-state index contributed by atoms with van der Waals surface area (Å²) in [6.07, 6.45) is 3.32. The summed E-state index contributed by atoms with van der Waals surface area (Å²) in [5, 5.41) is 14.7. The zero-order valence-electron chi connectivity index (χ0n) is 10.9. The normalized spacial score (nSPS) is 27.1. The van der Waals surface area contributed by atoms with E-state index in [2.05, 4.69) is 5.10 Å². The fourth-order valence-electron chi connectivity index (χ4n) is 2.49. The molecule has 0 saturated carbocycles. The van der Waals surface area contributed by atoms with E-state index in [0.29, 0.717) is 6.42 Å². The molecular weight excluding hydrogens is 216 g/mol. The monoisotopic (exact) mass is 238 g/mol. The van der Waals surface area contributed by atoms with E-state index in [0.717, 1.165) is 37.3 Å². The van der Waals surface area contributed by atoms with Crippen molar-refractivity contribution in [3.05, 3.63) is 17.5 Å². The number of hydrogen-bond acceptors (Lipinski definition) is 3. The molecule has 2 rings (SSSR count). The van der Waals surface area contributed by atoms with Gasteiger partial charge in [-0.3, -0.25) is 4.68 Å². The smallest absolute Gasteiger partial charge is 0.0916 e. The molecule has 1 aliphatic heterocycles. The summed E-state index contributed by atoms with van der Waals surface area (Å²) in [7, 11) is 1.92. The number of aliphatic hydroxyl groups excluding tert-OH is 1. The number of aliphatic hydroxyl groups is 1. The van der Waals surface area contributed by atoms with Crippen molar-refractivity contribution in [3.63, 3.8) is 0 Å². The molecule has 2 unspecified atom stereocenters. The van der Waals surface area contributed by atoms with Gasteiger partial charge < -0.3 is 9.84 Å². The summed E-state index contributed by atoms with van der Waals surface area (Å²) in [4.78, 5) is 0. The Balaban J connectivity index is 2.05. The second-order valence-corrected chi connectivity index (χ2v) is 5.24. The number of hydrogen-bond donors (Lipinski definition) is 1. The van der Waals surface area contributed by atoms with Crippen molar-refractivity contribution in [3.8, 4) is 0 Å². The predicted octanol–water partition coefficient (Wildman–Crippen LogP) is 1.59. The predicted molar refractivity (Wildman–Crippen MR) is 65.9 cm³/mol. The average Bonchev–Trinajstić information content (AvgIpc) is 2.58. The van der Waals surface area contributed by atoms with Crippen LogP contribution in [0.3, 0.4) is 0 Å². The van der Waals surface area contributed by atoms with Gasteiger partial charge in [-0.25, -0.2) is 0 Å². The topological polar surface area (TPSA) is 47.3 Å². The molecular formula is C13H22N2O2. The molecule has 96 valence electrons. The van der Waals surface area contributed by atoms with Gasteiger partial charge in [0.25, 0.3) is 0 Å². The highest BCUT2D eigenvalue weighted by molar-refractivity contribution is 5.11. The minimum atomic E-state index is -0.461. The van der Waals surface area contributed by atoms with Gasteiger partial charge in [-0.2, -0.15) is 5.10 Å². The summed E-state index contributed by atoms with van der Waals surface area (Å²) in [5.41, 5.74) is 1.66. The third-order valence-corrected chi connectivity index (χ3v) is 3.71. The van der Waals surface area contributed by atoms with E-state index in [1.807, 2.05) is 31.6 Å². The molecule has 4 heteroatoms. The molecule has 1 fully saturated rings. The molecule has 1 saturated heterocycles. The molecule has 1 aromatic rings. The maximum atomic E-state index is 10.4. The van der Waals surface area contributed by atoms with E-state index < -0.39 is 11.7 Å². The van der Waals surface area contributed by atoms with Crippen LogP contribution in [0.5, 0.6) is 0 Å². The van der Waals surface area contributed by atoms with Gasteiger partial charge in [0.2, 0.25) is 0 Å². The Labute approximate surface area is 103 Å². The molecule has 0 amide bonds. The molecule has 0 bridgehead atoms. The van der Waals surface area contributed by atoms with Crippen molar-refractivity contribution in [2.24, 2.45) is 7.05 Å². The molecule has 1 aromatic heterocycles. The van der Waals surface area contributed by atoms with Gasteiger partial charge in [-0.15, -0.1) is 0 Å². The highest BCUT2D eigenvalue weighted by Gasteiger charge is 2.36. The van der Waals surface area contributed by atoms with E-state index >= 15 is 0 Å². The van der Waals surface area contributed by atoms with Crippen molar-refractivity contribution in [2.45, 2.75) is 51.2 Å². The molecule has 2 heterocycles. The largest absolute Gasteiger partial charge is 0.390 e. The van der Waals surface area contributed by atoms with E-state index in [-0.39, 0.29) is 0 Å². The van der Waals surface area contributed by atoms with Crippen molar-refractivity contribution in [1.29, 1.82) is 0 Å². The average molecular weight is 238 g/mol. The van der Waals surface area contributed by atoms with E-state index in [9.17, 15) is 5.11 Å². The van der Waals surface area contributed by atoms with Gasteiger partial charge in [0.1, 0.15) is 0 Å². The lowest BCUT2D eigenvalue weighted by molar-refractivity contribution is -0.135. The first-order valence-electron chi connectivity index (χ1n) is 6.33. The van der Waals surface area contributed by atoms with Crippen molar-refractivity contribution >= 4 is 0 Å². The number of aromatic nitrogens is 2. The van der Waals surface area contributed by atoms with E-state index in [4.69, 9.17) is 4.74 Å². The Bertz CT molecular complexity index is 381. The second kappa shape index (κ2) is 4.78. The lowest BCUT2D eigenvalue weighted by Gasteiger charge is -2.37. The quantitative estimate of drug-likeness (QED) is 0.870. The van der Waals surface area contributed by atoms with Gasteiger partial charge >= 0.3 is 0 Å². The highest BCUT2D eigenvalue weighted by Crippen LogP contribution is 2.29. The van der Waals surface area contributed by atoms with Crippen LogP contribution in [0, 0.1) is 6.92 Å². The van der Waals surface area contributed by atoms with Crippen molar-refractivity contribution < 1.29 is 9.84 Å². The van der Waals surface area contributed by atoms with Gasteiger partial charge in [0, 0.05) is 25.8 Å². The van der Waals surface area contributed by atoms with Gasteiger partial charge in [0.15, 0.2) is 0 Å². The zero-order chi connectivity index (χ0) is 12.5. The van der Waals surface area contributed by atoms with Crippen LogP contribution in [0.25, 0.3) is 0 Å². The summed E-state index contributed by atoms with van der Waals surface area (Å²) in [5.74, 6) is 0. The van der Waals surface area contributed by atoms with Crippen LogP contribution in [-0.4, -0.2) is 33.2 Å². The fraction of sp³-hybridized carbons (Fsp3) is 0.769. The van der Waals surface area contributed by atoms with Crippen LogP contribution >= 0.6 is 0 Å². The Morgan fingerprint density at radius 2 is 2.35 bits per heavy atom. The molecule has 0 radical (unpaired) electrons. The summed E-state index contributed by atoms with van der Waals surface area (Å²) in [6, 6.07) is 2.02. The van der Waals surface area contributed by atoms with Crippen LogP contribution in [-0.2, 0) is 18.2 Å². The Morgan fingerprint density at radius 1 is 1.59 bits per heavy atom. The zero-order valence-corrected chi connectivity index (χ0v) is 10.9. The molecule has 17 heavy (non-hydrogen) atoms. The molecule has 0 spiro atoms. The van der Waals surface area contributed by atoms with E-state index in [1.165, 1.54) is 0 Å². The third kappa shape index (κ3) is 2.69. The first-order chi connectivity index (χ1) is 8.01. The van der Waals surface area contributed by atoms with Crippen LogP contribution in [0.1, 0.15) is 37.6 Å². The summed E-state index contributed by atoms with van der Waals surface area (Å²) in [6.45, 7) is 4.74. The maximum Gasteiger partial charge on any atom is 0.0916 e. The van der Waals surface area contributed by atoms with Gasteiger partial charge in [-0.05, 0) is 39.2 Å². The summed E-state index contributed by atoms with van der Waals surface area (Å²) < 4.78 is 7.60. The van der Waals surface area contributed by atoms with Crippen LogP contribution in [0.15, 0.2) is 6.07 Å². The standard InChI is InChI=1S/C13H22N2O2/c1-10-8-11(15(3)14-10)9-12(16)13(2)6-4-5-7-17-13/h8,12,16H,4-7,9H2,1-3H3. The minimum Gasteiger partial charge on any atom is -0.390 e. The van der Waals surface area contributed by atoms with Crippen LogP contribution in [0.4, 0.5) is 0 Å². The number of nitrogens with zero attached hydrogens (tertiary/aromatic N) is 2. The number of ether oxygens (including phenoxy) is 1. The van der Waals surface area contributed by atoms with Crippen molar-refractivity contribution in [1.82, 2.24) is 9.78 Å². The SMILES string of the molecule is Cc1cc(CC(O)C2(C)CCCCO2)n(C)n1. The number of rotatable bonds is 3. The van der Waals surface area contributed by atoms with Crippen molar-refractivity contribution in [2.75, 3.05) is 6.61 Å². The number of aryl methyl sites for hydroxylation is 2. The molecule has 1 N–H and O–H groups in total. The van der Waals surface area contributed by atoms with Gasteiger partial charge in [-0.1, -0.05) is 0 Å². The Kier molecular flexibility index (Phi) is 3.54. The minimum absolute atomic E-state index is 0.392. The first kappa shape index (κ1) is 12.6. The second-order valence-electron chi connectivity index (χ2n) is 5.24. The van der Waals surface area contributed by atoms with Gasteiger partial charge in [0.05, 0.1) is 17.4 Å². The van der Waals surface area contributed by atoms with Crippen LogP contribution < -0.4 is 0 Å². The Hall–Kier alpha value is -0.870. The Morgan fingerprint density at radius 3 is 2.88 bits per heavy atom. The molecule has 2 atom stereocenters. The maximum absolute atomic E-state index is 10.4. The first-order valence-corrected chi connectivity index (χ1v) is 6.33. The molecule has 4 nitrogen and oxygen atoms in total. The highest BCUT2D eigenvalue weighted by atomic mass is 16.5.